The van der Waals surface area contributed by atoms with E-state index in [-0.39, 0.29) is 23.0 Å². The first-order chi connectivity index (χ1) is 6.37. The first kappa shape index (κ1) is 13.3. The van der Waals surface area contributed by atoms with Crippen molar-refractivity contribution in [1.82, 2.24) is 5.32 Å². The molecule has 0 aromatic carbocycles. The third-order valence-electron chi connectivity index (χ3n) is 1.82. The highest BCUT2D eigenvalue weighted by Crippen LogP contribution is 2.07. The summed E-state index contributed by atoms with van der Waals surface area (Å²) in [5.74, 6) is -0.823. The zero-order chi connectivity index (χ0) is 11.2. The van der Waals surface area contributed by atoms with Gasteiger partial charge in [-0.1, -0.05) is 6.92 Å². The van der Waals surface area contributed by atoms with Crippen molar-refractivity contribution in [2.45, 2.75) is 32.7 Å². The molecule has 1 amide bonds. The van der Waals surface area contributed by atoms with Gasteiger partial charge in [0.05, 0.1) is 11.5 Å². The van der Waals surface area contributed by atoms with Crippen molar-refractivity contribution in [2.75, 3.05) is 11.5 Å². The van der Waals surface area contributed by atoms with Crippen LogP contribution >= 0.6 is 11.8 Å². The molecule has 0 saturated carbocycles. The van der Waals surface area contributed by atoms with Gasteiger partial charge in [0.1, 0.15) is 0 Å². The Morgan fingerprint density at radius 3 is 2.36 bits per heavy atom. The van der Waals surface area contributed by atoms with Crippen LogP contribution in [0.2, 0.25) is 0 Å². The highest BCUT2D eigenvalue weighted by Gasteiger charge is 2.17. The molecule has 0 aliphatic carbocycles. The first-order valence-corrected chi connectivity index (χ1v) is 5.63. The van der Waals surface area contributed by atoms with E-state index in [0.717, 1.165) is 18.2 Å². The molecule has 0 aromatic heterocycles. The maximum atomic E-state index is 11.3. The summed E-state index contributed by atoms with van der Waals surface area (Å²) in [5.41, 5.74) is -0.207. The minimum atomic E-state index is -0.891. The van der Waals surface area contributed by atoms with E-state index in [0.29, 0.717) is 0 Å². The number of hydrogen-bond donors (Lipinski definition) is 2. The molecule has 5 heteroatoms. The van der Waals surface area contributed by atoms with Crippen LogP contribution in [0.5, 0.6) is 0 Å². The van der Waals surface area contributed by atoms with Gasteiger partial charge in [0.15, 0.2) is 0 Å². The predicted molar refractivity (Wildman–Crippen MR) is 57.5 cm³/mol. The number of carbonyl (C=O) groups is 2. The first-order valence-electron chi connectivity index (χ1n) is 4.48. The van der Waals surface area contributed by atoms with Gasteiger partial charge in [0.2, 0.25) is 5.91 Å². The maximum Gasteiger partial charge on any atom is 0.313 e. The number of carboxylic acid groups (broad SMARTS) is 1. The van der Waals surface area contributed by atoms with Gasteiger partial charge in [0, 0.05) is 5.54 Å². The third kappa shape index (κ3) is 6.77. The molecule has 0 heterocycles. The average Bonchev–Trinajstić information content (AvgIpc) is 2.02. The molecule has 82 valence electrons. The summed E-state index contributed by atoms with van der Waals surface area (Å²) in [5, 5.41) is 11.2. The summed E-state index contributed by atoms with van der Waals surface area (Å²) in [6.07, 6.45) is 0.850. The number of carboxylic acids is 1. The zero-order valence-electron chi connectivity index (χ0n) is 8.79. The van der Waals surface area contributed by atoms with Crippen LogP contribution in [0.1, 0.15) is 27.2 Å². The second-order valence-corrected chi connectivity index (χ2v) is 4.66. The van der Waals surface area contributed by atoms with Gasteiger partial charge in [-0.3, -0.25) is 9.59 Å². The standard InChI is InChI=1S/C9H17NO3S/c1-4-9(2,3)10-7(11)5-14-6-8(12)13/h4-6H2,1-3H3,(H,10,11)(H,12,13). The van der Waals surface area contributed by atoms with E-state index in [1.807, 2.05) is 20.8 Å². The topological polar surface area (TPSA) is 66.4 Å². The molecule has 0 radical (unpaired) electrons. The number of carbonyl (C=O) groups excluding carboxylic acids is 1. The van der Waals surface area contributed by atoms with E-state index < -0.39 is 5.97 Å². The maximum absolute atomic E-state index is 11.3. The summed E-state index contributed by atoms with van der Waals surface area (Å²) in [6, 6.07) is 0. The van der Waals surface area contributed by atoms with Gasteiger partial charge < -0.3 is 10.4 Å². The molecule has 0 atom stereocenters. The van der Waals surface area contributed by atoms with E-state index in [1.165, 1.54) is 0 Å². The van der Waals surface area contributed by atoms with Gasteiger partial charge in [-0.05, 0) is 20.3 Å². The lowest BCUT2D eigenvalue weighted by Crippen LogP contribution is -2.43. The SMILES string of the molecule is CCC(C)(C)NC(=O)CSCC(=O)O. The Balaban J connectivity index is 3.71. The number of hydrogen-bond acceptors (Lipinski definition) is 3. The predicted octanol–water partition coefficient (Wildman–Crippen LogP) is 1.11. The van der Waals surface area contributed by atoms with Crippen molar-refractivity contribution < 1.29 is 14.7 Å². The van der Waals surface area contributed by atoms with Crippen molar-refractivity contribution in [2.24, 2.45) is 0 Å². The van der Waals surface area contributed by atoms with E-state index in [2.05, 4.69) is 5.32 Å². The Hall–Kier alpha value is -0.710. The molecule has 14 heavy (non-hydrogen) atoms. The monoisotopic (exact) mass is 219 g/mol. The quantitative estimate of drug-likeness (QED) is 0.702. The lowest BCUT2D eigenvalue weighted by Gasteiger charge is -2.24. The molecule has 0 aliphatic rings. The summed E-state index contributed by atoms with van der Waals surface area (Å²) in [7, 11) is 0. The van der Waals surface area contributed by atoms with Crippen molar-refractivity contribution >= 4 is 23.6 Å². The Morgan fingerprint density at radius 2 is 1.93 bits per heavy atom. The molecule has 0 fully saturated rings. The van der Waals surface area contributed by atoms with Crippen LogP contribution in [0, 0.1) is 0 Å². The number of aliphatic carboxylic acids is 1. The van der Waals surface area contributed by atoms with E-state index in [9.17, 15) is 9.59 Å². The smallest absolute Gasteiger partial charge is 0.313 e. The highest BCUT2D eigenvalue weighted by atomic mass is 32.2. The van der Waals surface area contributed by atoms with Crippen LogP contribution in [0.4, 0.5) is 0 Å². The van der Waals surface area contributed by atoms with Gasteiger partial charge in [-0.25, -0.2) is 0 Å². The van der Waals surface area contributed by atoms with Gasteiger partial charge in [0.25, 0.3) is 0 Å². The number of amides is 1. The second kappa shape index (κ2) is 5.90. The molecule has 0 aliphatic heterocycles. The Morgan fingerprint density at radius 1 is 1.36 bits per heavy atom. The van der Waals surface area contributed by atoms with Crippen LogP contribution in [0.3, 0.4) is 0 Å². The van der Waals surface area contributed by atoms with Crippen LogP contribution in [0.15, 0.2) is 0 Å². The fourth-order valence-corrected chi connectivity index (χ4v) is 1.27. The van der Waals surface area contributed by atoms with E-state index >= 15 is 0 Å². The summed E-state index contributed by atoms with van der Waals surface area (Å²) < 4.78 is 0. The number of nitrogens with one attached hydrogen (secondary N) is 1. The molecule has 0 aromatic rings. The van der Waals surface area contributed by atoms with E-state index in [1.54, 1.807) is 0 Å². The summed E-state index contributed by atoms with van der Waals surface area (Å²) in [4.78, 5) is 21.4. The molecule has 2 N–H and O–H groups in total. The highest BCUT2D eigenvalue weighted by molar-refractivity contribution is 8.00. The summed E-state index contributed by atoms with van der Waals surface area (Å²) >= 11 is 1.11. The Labute approximate surface area is 88.4 Å². The number of thioether (sulfide) groups is 1. The molecule has 4 nitrogen and oxygen atoms in total. The minimum Gasteiger partial charge on any atom is -0.481 e. The molecule has 0 bridgehead atoms. The molecular formula is C9H17NO3S. The Bertz CT molecular complexity index is 216. The Kier molecular flexibility index (Phi) is 5.60. The molecule has 0 unspecified atom stereocenters. The second-order valence-electron chi connectivity index (χ2n) is 3.67. The fourth-order valence-electron chi connectivity index (χ4n) is 0.733. The fraction of sp³-hybridized carbons (Fsp3) is 0.778. The molecular weight excluding hydrogens is 202 g/mol. The zero-order valence-corrected chi connectivity index (χ0v) is 9.61. The van der Waals surface area contributed by atoms with Crippen molar-refractivity contribution in [3.8, 4) is 0 Å². The van der Waals surface area contributed by atoms with Gasteiger partial charge in [-0.2, -0.15) is 0 Å². The lowest BCUT2D eigenvalue weighted by atomic mass is 10.0. The van der Waals surface area contributed by atoms with Crippen molar-refractivity contribution in [1.29, 1.82) is 0 Å². The van der Waals surface area contributed by atoms with Crippen molar-refractivity contribution in [3.05, 3.63) is 0 Å². The van der Waals surface area contributed by atoms with Crippen molar-refractivity contribution in [3.63, 3.8) is 0 Å². The van der Waals surface area contributed by atoms with Gasteiger partial charge in [-0.15, -0.1) is 11.8 Å². The molecule has 0 spiro atoms. The minimum absolute atomic E-state index is 0.0278. The average molecular weight is 219 g/mol. The lowest BCUT2D eigenvalue weighted by molar-refractivity contribution is -0.133. The third-order valence-corrected chi connectivity index (χ3v) is 2.74. The van der Waals surface area contributed by atoms with E-state index in [4.69, 9.17) is 5.11 Å². The van der Waals surface area contributed by atoms with Crippen LogP contribution < -0.4 is 5.32 Å². The van der Waals surface area contributed by atoms with Gasteiger partial charge >= 0.3 is 5.97 Å². The normalized spacial score (nSPS) is 11.1. The molecule has 0 saturated heterocycles. The summed E-state index contributed by atoms with van der Waals surface area (Å²) in [6.45, 7) is 5.87. The largest absolute Gasteiger partial charge is 0.481 e. The van der Waals surface area contributed by atoms with Crippen LogP contribution in [0.25, 0.3) is 0 Å². The number of rotatable bonds is 6. The van der Waals surface area contributed by atoms with Crippen LogP contribution in [-0.4, -0.2) is 34.0 Å². The van der Waals surface area contributed by atoms with Crippen LogP contribution in [-0.2, 0) is 9.59 Å². The molecule has 0 rings (SSSR count).